The summed E-state index contributed by atoms with van der Waals surface area (Å²) in [5.41, 5.74) is -0.0757. The average Bonchev–Trinajstić information content (AvgIpc) is 3.34. The predicted molar refractivity (Wildman–Crippen MR) is 105 cm³/mol. The van der Waals surface area contributed by atoms with Crippen LogP contribution in [0.3, 0.4) is 0 Å². The van der Waals surface area contributed by atoms with Crippen molar-refractivity contribution in [3.63, 3.8) is 0 Å². The number of aromatic nitrogens is 1. The normalized spacial score (nSPS) is 19.3. The number of nitrogens with one attached hydrogen (secondary N) is 2. The number of amides is 4. The molecule has 4 rings (SSSR count). The third-order valence-electron chi connectivity index (χ3n) is 5.32. The quantitative estimate of drug-likeness (QED) is 0.749. The van der Waals surface area contributed by atoms with Crippen molar-refractivity contribution >= 4 is 44.5 Å². The van der Waals surface area contributed by atoms with Crippen molar-refractivity contribution in [1.82, 2.24) is 15.2 Å². The lowest BCUT2D eigenvalue weighted by molar-refractivity contribution is -0.136. The molecule has 1 atom stereocenters. The van der Waals surface area contributed by atoms with E-state index in [4.69, 9.17) is 4.74 Å². The van der Waals surface area contributed by atoms with E-state index in [2.05, 4.69) is 15.6 Å². The molecule has 0 radical (unpaired) electrons. The molecule has 148 valence electrons. The van der Waals surface area contributed by atoms with Crippen LogP contribution in [-0.2, 0) is 9.59 Å². The van der Waals surface area contributed by atoms with E-state index in [0.717, 1.165) is 33.7 Å². The molecule has 2 heterocycles. The van der Waals surface area contributed by atoms with Crippen molar-refractivity contribution < 1.29 is 19.1 Å². The zero-order chi connectivity index (χ0) is 19.9. The van der Waals surface area contributed by atoms with Crippen molar-refractivity contribution in [2.75, 3.05) is 11.9 Å². The molecule has 1 aromatic heterocycles. The Labute approximate surface area is 166 Å². The van der Waals surface area contributed by atoms with Gasteiger partial charge in [0.2, 0.25) is 5.91 Å². The number of urea groups is 1. The van der Waals surface area contributed by atoms with Gasteiger partial charge in [-0.2, -0.15) is 0 Å². The number of carbonyl (C=O) groups is 3. The zero-order valence-electron chi connectivity index (χ0n) is 15.8. The van der Waals surface area contributed by atoms with E-state index in [1.807, 2.05) is 25.1 Å². The van der Waals surface area contributed by atoms with Crippen LogP contribution in [0.5, 0.6) is 5.75 Å². The van der Waals surface area contributed by atoms with Crippen molar-refractivity contribution in [3.8, 4) is 5.75 Å². The molecular weight excluding hydrogens is 380 g/mol. The molecule has 4 amide bonds. The van der Waals surface area contributed by atoms with E-state index >= 15 is 0 Å². The first-order valence-electron chi connectivity index (χ1n) is 9.43. The third kappa shape index (κ3) is 3.09. The van der Waals surface area contributed by atoms with E-state index in [-0.39, 0.29) is 5.91 Å². The number of hydrogen-bond acceptors (Lipinski definition) is 6. The first kappa shape index (κ1) is 18.7. The lowest BCUT2D eigenvalue weighted by Crippen LogP contribution is -2.48. The van der Waals surface area contributed by atoms with Crippen LogP contribution in [0.15, 0.2) is 18.2 Å². The van der Waals surface area contributed by atoms with Crippen molar-refractivity contribution in [2.24, 2.45) is 0 Å². The molecule has 8 nitrogen and oxygen atoms in total. The SMILES string of the molecule is CCOc1ccc2nc(NC(=O)[C@H](C)N3C(=O)NC4(CCCC4)C3=O)sc2c1. The fourth-order valence-corrected chi connectivity index (χ4v) is 4.75. The highest BCUT2D eigenvalue weighted by molar-refractivity contribution is 7.22. The van der Waals surface area contributed by atoms with E-state index in [1.54, 1.807) is 6.92 Å². The summed E-state index contributed by atoms with van der Waals surface area (Å²) >= 11 is 1.32. The fraction of sp³-hybridized carbons (Fsp3) is 0.474. The molecule has 1 spiro atoms. The summed E-state index contributed by atoms with van der Waals surface area (Å²) in [5.74, 6) is -0.00275. The minimum absolute atomic E-state index is 0.302. The lowest BCUT2D eigenvalue weighted by atomic mass is 9.97. The monoisotopic (exact) mass is 402 g/mol. The second-order valence-corrected chi connectivity index (χ2v) is 8.17. The standard InChI is InChI=1S/C19H22N4O4S/c1-3-27-12-6-7-13-14(10-12)28-17(20-13)21-15(24)11(2)23-16(25)19(22-18(23)26)8-4-5-9-19/h6-7,10-11H,3-5,8-9H2,1-2H3,(H,22,26)(H,20,21,24)/t11-/m0/s1. The third-order valence-corrected chi connectivity index (χ3v) is 6.25. The van der Waals surface area contributed by atoms with Crippen LogP contribution < -0.4 is 15.4 Å². The van der Waals surface area contributed by atoms with Gasteiger partial charge < -0.3 is 15.4 Å². The molecule has 1 saturated carbocycles. The molecule has 2 fully saturated rings. The molecule has 28 heavy (non-hydrogen) atoms. The number of carbonyl (C=O) groups excluding carboxylic acids is 3. The molecule has 9 heteroatoms. The molecule has 2 aromatic rings. The van der Waals surface area contributed by atoms with Crippen LogP contribution in [0.2, 0.25) is 0 Å². The number of anilines is 1. The van der Waals surface area contributed by atoms with Gasteiger partial charge in [-0.15, -0.1) is 0 Å². The van der Waals surface area contributed by atoms with Gasteiger partial charge in [-0.1, -0.05) is 24.2 Å². The zero-order valence-corrected chi connectivity index (χ0v) is 16.6. The van der Waals surface area contributed by atoms with Gasteiger partial charge in [0.25, 0.3) is 5.91 Å². The number of ether oxygens (including phenoxy) is 1. The van der Waals surface area contributed by atoms with Gasteiger partial charge in [-0.3, -0.25) is 9.59 Å². The second kappa shape index (κ2) is 7.05. The Bertz CT molecular complexity index is 951. The average molecular weight is 402 g/mol. The van der Waals surface area contributed by atoms with Crippen LogP contribution in [0.4, 0.5) is 9.93 Å². The van der Waals surface area contributed by atoms with Crippen LogP contribution in [0.1, 0.15) is 39.5 Å². The Morgan fingerprint density at radius 3 is 2.86 bits per heavy atom. The molecule has 1 aliphatic heterocycles. The summed E-state index contributed by atoms with van der Waals surface area (Å²) in [6, 6.07) is 4.11. The molecule has 1 saturated heterocycles. The number of thiazole rings is 1. The molecule has 0 bridgehead atoms. The van der Waals surface area contributed by atoms with Gasteiger partial charge in [0, 0.05) is 0 Å². The summed E-state index contributed by atoms with van der Waals surface area (Å²) in [6.45, 7) is 4.04. The number of hydrogen-bond donors (Lipinski definition) is 2. The van der Waals surface area contributed by atoms with Gasteiger partial charge in [0.1, 0.15) is 17.3 Å². The van der Waals surface area contributed by atoms with Crippen molar-refractivity contribution in [2.45, 2.75) is 51.1 Å². The van der Waals surface area contributed by atoms with E-state index in [1.165, 1.54) is 11.3 Å². The number of imide groups is 1. The molecule has 1 aromatic carbocycles. The second-order valence-electron chi connectivity index (χ2n) is 7.14. The lowest BCUT2D eigenvalue weighted by Gasteiger charge is -2.23. The molecule has 2 aliphatic rings. The van der Waals surface area contributed by atoms with E-state index in [0.29, 0.717) is 24.6 Å². The molecular formula is C19H22N4O4S. The topological polar surface area (TPSA) is 101 Å². The Hall–Kier alpha value is -2.68. The predicted octanol–water partition coefficient (Wildman–Crippen LogP) is 2.89. The van der Waals surface area contributed by atoms with Crippen molar-refractivity contribution in [1.29, 1.82) is 0 Å². The maximum Gasteiger partial charge on any atom is 0.325 e. The smallest absolute Gasteiger partial charge is 0.325 e. The summed E-state index contributed by atoms with van der Waals surface area (Å²) in [4.78, 5) is 43.3. The number of nitrogens with zero attached hydrogens (tertiary/aromatic N) is 2. The maximum atomic E-state index is 12.8. The Kier molecular flexibility index (Phi) is 4.70. The highest BCUT2D eigenvalue weighted by Crippen LogP contribution is 2.36. The molecule has 2 N–H and O–H groups in total. The summed E-state index contributed by atoms with van der Waals surface area (Å²) in [5, 5.41) is 5.95. The Morgan fingerprint density at radius 2 is 2.14 bits per heavy atom. The van der Waals surface area contributed by atoms with Gasteiger partial charge >= 0.3 is 6.03 Å². The first-order valence-corrected chi connectivity index (χ1v) is 10.3. The highest BCUT2D eigenvalue weighted by atomic mass is 32.1. The Morgan fingerprint density at radius 1 is 1.39 bits per heavy atom. The summed E-state index contributed by atoms with van der Waals surface area (Å²) in [6.07, 6.45) is 3.05. The van der Waals surface area contributed by atoms with Crippen LogP contribution >= 0.6 is 11.3 Å². The maximum absolute atomic E-state index is 12.8. The van der Waals surface area contributed by atoms with Crippen LogP contribution in [-0.4, -0.2) is 45.9 Å². The Balaban J connectivity index is 1.49. The largest absolute Gasteiger partial charge is 0.494 e. The van der Waals surface area contributed by atoms with Gasteiger partial charge in [-0.05, 0) is 44.9 Å². The van der Waals surface area contributed by atoms with Gasteiger partial charge in [0.15, 0.2) is 5.13 Å². The van der Waals surface area contributed by atoms with E-state index < -0.39 is 23.5 Å². The number of fused-ring (bicyclic) bond motifs is 1. The minimum Gasteiger partial charge on any atom is -0.494 e. The van der Waals surface area contributed by atoms with Gasteiger partial charge in [0.05, 0.1) is 16.8 Å². The molecule has 1 aliphatic carbocycles. The number of benzene rings is 1. The highest BCUT2D eigenvalue weighted by Gasteiger charge is 2.54. The summed E-state index contributed by atoms with van der Waals surface area (Å²) < 4.78 is 6.37. The fourth-order valence-electron chi connectivity index (χ4n) is 3.85. The van der Waals surface area contributed by atoms with Crippen molar-refractivity contribution in [3.05, 3.63) is 18.2 Å². The van der Waals surface area contributed by atoms with Crippen LogP contribution in [0.25, 0.3) is 10.2 Å². The molecule has 0 unspecified atom stereocenters. The summed E-state index contributed by atoms with van der Waals surface area (Å²) in [7, 11) is 0. The van der Waals surface area contributed by atoms with E-state index in [9.17, 15) is 14.4 Å². The van der Waals surface area contributed by atoms with Crippen LogP contribution in [0, 0.1) is 0 Å². The van der Waals surface area contributed by atoms with Gasteiger partial charge in [-0.25, -0.2) is 14.7 Å². The first-order chi connectivity index (χ1) is 13.4. The number of rotatable bonds is 5. The minimum atomic E-state index is -0.918.